The lowest BCUT2D eigenvalue weighted by atomic mass is 10.1. The number of halogens is 6. The second kappa shape index (κ2) is 4.19. The lowest BCUT2D eigenvalue weighted by Gasteiger charge is -2.19. The van der Waals surface area contributed by atoms with E-state index >= 15 is 0 Å². The Balaban J connectivity index is 4.04. The molecular formula is C7H10F6. The highest BCUT2D eigenvalue weighted by Crippen LogP contribution is 2.39. The van der Waals surface area contributed by atoms with Crippen molar-refractivity contribution >= 4 is 0 Å². The Morgan fingerprint density at radius 1 is 1.08 bits per heavy atom. The van der Waals surface area contributed by atoms with Gasteiger partial charge in [0.25, 0.3) is 0 Å². The Morgan fingerprint density at radius 3 is 1.85 bits per heavy atom. The van der Waals surface area contributed by atoms with E-state index in [9.17, 15) is 26.3 Å². The summed E-state index contributed by atoms with van der Waals surface area (Å²) in [5, 5.41) is 0. The van der Waals surface area contributed by atoms with E-state index in [0.717, 1.165) is 0 Å². The van der Waals surface area contributed by atoms with E-state index in [1.165, 1.54) is 6.92 Å². The summed E-state index contributed by atoms with van der Waals surface area (Å²) < 4.78 is 71.2. The first kappa shape index (κ1) is 12.6. The van der Waals surface area contributed by atoms with Crippen molar-refractivity contribution in [3.63, 3.8) is 0 Å². The molecule has 13 heavy (non-hydrogen) atoms. The molecule has 0 nitrogen and oxygen atoms in total. The first-order chi connectivity index (χ1) is 5.70. The highest BCUT2D eigenvalue weighted by Gasteiger charge is 2.56. The molecule has 0 aromatic rings. The Bertz CT molecular complexity index is 150. The van der Waals surface area contributed by atoms with Gasteiger partial charge >= 0.3 is 12.1 Å². The van der Waals surface area contributed by atoms with Gasteiger partial charge in [0, 0.05) is 6.42 Å². The molecule has 0 amide bonds. The molecule has 6 heteroatoms. The molecule has 0 bridgehead atoms. The molecule has 0 rings (SSSR count). The molecule has 0 unspecified atom stereocenters. The van der Waals surface area contributed by atoms with Gasteiger partial charge in [0.1, 0.15) is 6.17 Å². The van der Waals surface area contributed by atoms with Crippen molar-refractivity contribution in [3.05, 3.63) is 0 Å². The summed E-state index contributed by atoms with van der Waals surface area (Å²) in [5.74, 6) is -4.77. The normalized spacial score (nSPS) is 15.9. The summed E-state index contributed by atoms with van der Waals surface area (Å²) in [6, 6.07) is 0. The monoisotopic (exact) mass is 208 g/mol. The Hall–Kier alpha value is -0.420. The molecule has 0 aromatic heterocycles. The molecule has 1 atom stereocenters. The molecule has 0 radical (unpaired) electrons. The number of alkyl halides is 6. The molecule has 0 aliphatic rings. The van der Waals surface area contributed by atoms with Gasteiger partial charge in [-0.25, -0.2) is 4.39 Å². The van der Waals surface area contributed by atoms with Crippen molar-refractivity contribution < 1.29 is 26.3 Å². The maximum atomic E-state index is 12.3. The average molecular weight is 208 g/mol. The fraction of sp³-hybridized carbons (Fsp3) is 1.00. The van der Waals surface area contributed by atoms with Gasteiger partial charge in [-0.15, -0.1) is 0 Å². The molecular weight excluding hydrogens is 198 g/mol. The van der Waals surface area contributed by atoms with Crippen molar-refractivity contribution in [2.45, 2.75) is 44.5 Å². The molecule has 0 N–H and O–H groups in total. The summed E-state index contributed by atoms with van der Waals surface area (Å²) in [4.78, 5) is 0. The van der Waals surface area contributed by atoms with Crippen molar-refractivity contribution in [2.24, 2.45) is 0 Å². The van der Waals surface area contributed by atoms with Crippen LogP contribution in [-0.4, -0.2) is 18.3 Å². The van der Waals surface area contributed by atoms with Gasteiger partial charge in [-0.05, 0) is 12.8 Å². The first-order valence-corrected chi connectivity index (χ1v) is 3.79. The molecule has 80 valence electrons. The molecule has 0 spiro atoms. The lowest BCUT2D eigenvalue weighted by Crippen LogP contribution is -2.36. The zero-order valence-corrected chi connectivity index (χ0v) is 6.97. The van der Waals surface area contributed by atoms with Gasteiger partial charge in [0.2, 0.25) is 0 Å². The van der Waals surface area contributed by atoms with E-state index in [1.807, 2.05) is 0 Å². The minimum Gasteiger partial charge on any atom is -0.248 e. The highest BCUT2D eigenvalue weighted by atomic mass is 19.4. The molecule has 0 heterocycles. The van der Waals surface area contributed by atoms with E-state index in [-0.39, 0.29) is 6.42 Å². The number of rotatable bonds is 4. The van der Waals surface area contributed by atoms with E-state index in [1.54, 1.807) is 0 Å². The van der Waals surface area contributed by atoms with Crippen molar-refractivity contribution in [1.82, 2.24) is 0 Å². The third-order valence-corrected chi connectivity index (χ3v) is 1.63. The maximum Gasteiger partial charge on any atom is 0.453 e. The van der Waals surface area contributed by atoms with Crippen LogP contribution in [0.1, 0.15) is 26.2 Å². The summed E-state index contributed by atoms with van der Waals surface area (Å²) in [5.41, 5.74) is 0. The summed E-state index contributed by atoms with van der Waals surface area (Å²) in [7, 11) is 0. The van der Waals surface area contributed by atoms with Crippen LogP contribution in [0.15, 0.2) is 0 Å². The van der Waals surface area contributed by atoms with Gasteiger partial charge < -0.3 is 0 Å². The molecule has 0 saturated heterocycles. The lowest BCUT2D eigenvalue weighted by molar-refractivity contribution is -0.285. The van der Waals surface area contributed by atoms with Crippen LogP contribution >= 0.6 is 0 Å². The first-order valence-electron chi connectivity index (χ1n) is 3.79. The minimum absolute atomic E-state index is 0.0477. The summed E-state index contributed by atoms with van der Waals surface area (Å²) in [6.45, 7) is 1.39. The topological polar surface area (TPSA) is 0 Å². The minimum atomic E-state index is -5.57. The zero-order chi connectivity index (χ0) is 10.7. The van der Waals surface area contributed by atoms with Crippen LogP contribution in [0.25, 0.3) is 0 Å². The quantitative estimate of drug-likeness (QED) is 0.618. The summed E-state index contributed by atoms with van der Waals surface area (Å²) >= 11 is 0. The van der Waals surface area contributed by atoms with Gasteiger partial charge in [-0.2, -0.15) is 22.0 Å². The fourth-order valence-electron chi connectivity index (χ4n) is 0.684. The third kappa shape index (κ3) is 3.87. The Kier molecular flexibility index (Phi) is 4.06. The van der Waals surface area contributed by atoms with E-state index < -0.39 is 31.1 Å². The van der Waals surface area contributed by atoms with Crippen molar-refractivity contribution in [3.8, 4) is 0 Å². The average Bonchev–Trinajstić information content (AvgIpc) is 1.98. The predicted molar refractivity (Wildman–Crippen MR) is 35.4 cm³/mol. The van der Waals surface area contributed by atoms with Crippen LogP contribution in [0.5, 0.6) is 0 Å². The van der Waals surface area contributed by atoms with E-state index in [2.05, 4.69) is 0 Å². The van der Waals surface area contributed by atoms with E-state index in [4.69, 9.17) is 0 Å². The molecule has 0 aliphatic heterocycles. The number of hydrogen-bond donors (Lipinski definition) is 0. The SMILES string of the molecule is CC[C@H](F)CCC(F)(F)C(F)(F)F. The third-order valence-electron chi connectivity index (χ3n) is 1.63. The summed E-state index contributed by atoms with van der Waals surface area (Å²) in [6.07, 6.45) is -9.45. The van der Waals surface area contributed by atoms with Gasteiger partial charge in [0.15, 0.2) is 0 Å². The van der Waals surface area contributed by atoms with Crippen LogP contribution in [0.3, 0.4) is 0 Å². The van der Waals surface area contributed by atoms with Crippen LogP contribution in [0.4, 0.5) is 26.3 Å². The zero-order valence-electron chi connectivity index (χ0n) is 6.97. The van der Waals surface area contributed by atoms with Crippen molar-refractivity contribution in [2.75, 3.05) is 0 Å². The molecule has 0 saturated carbocycles. The van der Waals surface area contributed by atoms with E-state index in [0.29, 0.717) is 0 Å². The molecule has 0 fully saturated rings. The second-order valence-corrected chi connectivity index (χ2v) is 2.75. The number of hydrogen-bond acceptors (Lipinski definition) is 0. The molecule has 0 aromatic carbocycles. The fourth-order valence-corrected chi connectivity index (χ4v) is 0.684. The largest absolute Gasteiger partial charge is 0.453 e. The molecule has 0 aliphatic carbocycles. The second-order valence-electron chi connectivity index (χ2n) is 2.75. The van der Waals surface area contributed by atoms with Gasteiger partial charge in [0.05, 0.1) is 0 Å². The Labute approximate surface area is 71.9 Å². The van der Waals surface area contributed by atoms with Crippen LogP contribution < -0.4 is 0 Å². The van der Waals surface area contributed by atoms with Crippen molar-refractivity contribution in [1.29, 1.82) is 0 Å². The maximum absolute atomic E-state index is 12.3. The highest BCUT2D eigenvalue weighted by molar-refractivity contribution is 4.76. The van der Waals surface area contributed by atoms with Crippen LogP contribution in [-0.2, 0) is 0 Å². The van der Waals surface area contributed by atoms with Crippen LogP contribution in [0.2, 0.25) is 0 Å². The van der Waals surface area contributed by atoms with Gasteiger partial charge in [-0.1, -0.05) is 6.92 Å². The van der Waals surface area contributed by atoms with Crippen LogP contribution in [0, 0.1) is 0 Å². The van der Waals surface area contributed by atoms with Gasteiger partial charge in [-0.3, -0.25) is 0 Å². The smallest absolute Gasteiger partial charge is 0.248 e. The standard InChI is InChI=1S/C7H10F6/c1-2-5(8)3-4-6(9,10)7(11,12)13/h5H,2-4H2,1H3/t5-/m0/s1. The predicted octanol–water partition coefficient (Wildman–Crippen LogP) is 3.71. The Morgan fingerprint density at radius 2 is 1.54 bits per heavy atom.